The van der Waals surface area contributed by atoms with Gasteiger partial charge < -0.3 is 26.0 Å². The highest BCUT2D eigenvalue weighted by Crippen LogP contribution is 2.60. The van der Waals surface area contributed by atoms with Gasteiger partial charge in [0, 0.05) is 49.8 Å². The maximum Gasteiger partial charge on any atom is 0.573 e. The van der Waals surface area contributed by atoms with E-state index in [1.165, 1.54) is 30.5 Å². The molecule has 5 amide bonds. The Labute approximate surface area is 336 Å². The van der Waals surface area contributed by atoms with Crippen LogP contribution in [0.15, 0.2) is 48.7 Å². The monoisotopic (exact) mass is 813 g/mol. The lowest BCUT2D eigenvalue weighted by Crippen LogP contribution is -2.60. The zero-order chi connectivity index (χ0) is 41.5. The van der Waals surface area contributed by atoms with E-state index in [-0.39, 0.29) is 77.1 Å². The number of hydrogen-bond acceptors (Lipinski definition) is 12. The van der Waals surface area contributed by atoms with Gasteiger partial charge >= 0.3 is 6.36 Å². The first-order valence-corrected chi connectivity index (χ1v) is 19.8. The second kappa shape index (κ2) is 15.8. The smallest absolute Gasteiger partial charge is 0.405 e. The molecular formula is C41H42F3N9O6. The van der Waals surface area contributed by atoms with E-state index in [4.69, 9.17) is 0 Å². The van der Waals surface area contributed by atoms with Crippen LogP contribution < -0.4 is 31.3 Å². The topological polar surface area (TPSA) is 208 Å². The molecule has 4 saturated carbocycles. The predicted molar refractivity (Wildman–Crippen MR) is 204 cm³/mol. The zero-order valence-corrected chi connectivity index (χ0v) is 31.9. The Balaban J connectivity index is 0.833. The number of nitrogens with zero attached hydrogens (tertiary/aromatic N) is 4. The lowest BCUT2D eigenvalue weighted by Gasteiger charge is -2.60. The van der Waals surface area contributed by atoms with Crippen molar-refractivity contribution in [2.75, 3.05) is 29.0 Å². The van der Waals surface area contributed by atoms with Crippen LogP contribution in [0.4, 0.5) is 30.6 Å². The number of ether oxygens (including phenoxy) is 1. The van der Waals surface area contributed by atoms with Crippen molar-refractivity contribution >= 4 is 47.0 Å². The van der Waals surface area contributed by atoms with E-state index in [9.17, 15) is 42.4 Å². The number of piperidine rings is 1. The Morgan fingerprint density at radius 2 is 1.78 bits per heavy atom. The summed E-state index contributed by atoms with van der Waals surface area (Å²) in [5.41, 5.74) is 1.24. The molecule has 18 heteroatoms. The van der Waals surface area contributed by atoms with Gasteiger partial charge in [-0.15, -0.1) is 13.2 Å². The Morgan fingerprint density at radius 3 is 2.53 bits per heavy atom. The molecule has 0 spiro atoms. The van der Waals surface area contributed by atoms with Crippen LogP contribution in [0.3, 0.4) is 0 Å². The molecule has 3 unspecified atom stereocenters. The third kappa shape index (κ3) is 8.23. The number of anilines is 3. The molecular weight excluding hydrogens is 772 g/mol. The van der Waals surface area contributed by atoms with E-state index < -0.39 is 36.0 Å². The van der Waals surface area contributed by atoms with E-state index in [2.05, 4.69) is 47.4 Å². The summed E-state index contributed by atoms with van der Waals surface area (Å²) in [6.07, 6.45) is 2.23. The minimum atomic E-state index is -4.84. The van der Waals surface area contributed by atoms with Crippen LogP contribution >= 0.6 is 0 Å². The molecule has 2 aliphatic heterocycles. The van der Waals surface area contributed by atoms with Gasteiger partial charge in [-0.3, -0.25) is 34.2 Å². The molecule has 4 aliphatic carbocycles. The Bertz CT molecular complexity index is 2230. The molecule has 6 aliphatic rings. The quantitative estimate of drug-likeness (QED) is 0.109. The Kier molecular flexibility index (Phi) is 10.6. The molecule has 3 aromatic rings. The van der Waals surface area contributed by atoms with Crippen molar-refractivity contribution in [1.82, 2.24) is 25.5 Å². The first-order chi connectivity index (χ1) is 28.3. The molecule has 2 aromatic carbocycles. The molecule has 15 nitrogen and oxygen atoms in total. The van der Waals surface area contributed by atoms with Crippen LogP contribution in [0.25, 0.3) is 0 Å². The van der Waals surface area contributed by atoms with Crippen molar-refractivity contribution in [3.63, 3.8) is 0 Å². The fourth-order valence-corrected chi connectivity index (χ4v) is 10.0. The number of para-hydroxylation sites is 1. The maximum atomic E-state index is 13.4. The van der Waals surface area contributed by atoms with Crippen molar-refractivity contribution in [2.45, 2.75) is 82.8 Å². The fourth-order valence-electron chi connectivity index (χ4n) is 10.0. The van der Waals surface area contributed by atoms with Gasteiger partial charge in [0.25, 0.3) is 11.8 Å². The number of halogens is 3. The second-order valence-corrected chi connectivity index (χ2v) is 16.2. The number of nitrogens with one attached hydrogen (secondary N) is 5. The Hall–Kier alpha value is -6.25. The number of hydrogen-bond donors (Lipinski definition) is 5. The number of imide groups is 2. The van der Waals surface area contributed by atoms with Crippen LogP contribution in [0, 0.1) is 34.5 Å². The first-order valence-electron chi connectivity index (χ1n) is 19.8. The summed E-state index contributed by atoms with van der Waals surface area (Å²) in [7, 11) is 0. The van der Waals surface area contributed by atoms with E-state index in [1.807, 2.05) is 0 Å². The van der Waals surface area contributed by atoms with Crippen molar-refractivity contribution in [3.05, 3.63) is 70.9 Å². The molecule has 1 aromatic heterocycles. The Morgan fingerprint density at radius 1 is 1.00 bits per heavy atom. The minimum absolute atomic E-state index is 0.0316. The van der Waals surface area contributed by atoms with Crippen LogP contribution in [-0.4, -0.2) is 75.9 Å². The predicted octanol–water partition coefficient (Wildman–Crippen LogP) is 4.88. The van der Waals surface area contributed by atoms with Gasteiger partial charge in [0.2, 0.25) is 23.7 Å². The lowest BCUT2D eigenvalue weighted by atomic mass is 9.48. The highest BCUT2D eigenvalue weighted by molar-refractivity contribution is 6.25. The van der Waals surface area contributed by atoms with Gasteiger partial charge in [0.15, 0.2) is 0 Å². The number of alkyl halides is 3. The van der Waals surface area contributed by atoms with Crippen LogP contribution in [0.5, 0.6) is 5.75 Å². The van der Waals surface area contributed by atoms with E-state index in [0.717, 1.165) is 37.0 Å². The highest BCUT2D eigenvalue weighted by atomic mass is 19.4. The average Bonchev–Trinajstić information content (AvgIpc) is 3.45. The van der Waals surface area contributed by atoms with Gasteiger partial charge in [0.1, 0.15) is 29.2 Å². The standard InChI is InChI=1S/C41H42F3N9O6/c42-41(43,44)59-30-8-2-1-5-23(30)19-47-39-48-20-26(18-45)35(52-39)49-21-40-15-22-13-24(16-40)34(25(14-22)17-40)50-31(54)9-4-12-46-28-7-3-6-27-33(28)38(58)53(37(27)57)29-10-11-32(55)51-36(29)56/h1-3,5-8,20,22,24-25,29,34,46H,4,9-17,19,21H2,(H,50,54)(H,51,55,56)(H2,47,48,49,52). The summed E-state index contributed by atoms with van der Waals surface area (Å²) in [6.45, 7) is 0.892. The molecule has 5 fully saturated rings. The first kappa shape index (κ1) is 39.6. The van der Waals surface area contributed by atoms with Crippen molar-refractivity contribution in [3.8, 4) is 11.8 Å². The zero-order valence-electron chi connectivity index (χ0n) is 31.9. The van der Waals surface area contributed by atoms with E-state index in [1.54, 1.807) is 18.2 Å². The number of carbonyl (C=O) groups excluding carboxylic acids is 5. The van der Waals surface area contributed by atoms with Crippen LogP contribution in [-0.2, 0) is 20.9 Å². The third-order valence-electron chi connectivity index (χ3n) is 12.3. The molecule has 9 rings (SSSR count). The van der Waals surface area contributed by atoms with E-state index in [0.29, 0.717) is 48.8 Å². The van der Waals surface area contributed by atoms with Crippen molar-refractivity contribution in [1.29, 1.82) is 5.26 Å². The largest absolute Gasteiger partial charge is 0.573 e. The number of aromatic nitrogens is 2. The highest BCUT2D eigenvalue weighted by Gasteiger charge is 2.55. The summed E-state index contributed by atoms with van der Waals surface area (Å²) in [6, 6.07) is 11.8. The summed E-state index contributed by atoms with van der Waals surface area (Å²) < 4.78 is 42.9. The molecule has 308 valence electrons. The van der Waals surface area contributed by atoms with Gasteiger partial charge in [0.05, 0.1) is 17.3 Å². The average molecular weight is 814 g/mol. The third-order valence-corrected chi connectivity index (χ3v) is 12.3. The molecule has 0 radical (unpaired) electrons. The van der Waals surface area contributed by atoms with Gasteiger partial charge in [-0.1, -0.05) is 24.3 Å². The summed E-state index contributed by atoms with van der Waals surface area (Å²) in [5, 5.41) is 24.9. The fraction of sp³-hybridized carbons (Fsp3) is 0.463. The molecule has 3 heterocycles. The number of rotatable bonds is 14. The molecule has 3 atom stereocenters. The lowest BCUT2D eigenvalue weighted by molar-refractivity contribution is -0.274. The van der Waals surface area contributed by atoms with Gasteiger partial charge in [-0.2, -0.15) is 10.2 Å². The van der Waals surface area contributed by atoms with Crippen molar-refractivity contribution in [2.24, 2.45) is 23.2 Å². The number of benzene rings is 2. The number of fused-ring (bicyclic) bond motifs is 1. The van der Waals surface area contributed by atoms with Gasteiger partial charge in [-0.25, -0.2) is 4.98 Å². The van der Waals surface area contributed by atoms with Crippen molar-refractivity contribution < 1.29 is 41.9 Å². The molecule has 1 saturated heterocycles. The normalized spacial score (nSPS) is 25.6. The van der Waals surface area contributed by atoms with Gasteiger partial charge in [-0.05, 0) is 86.3 Å². The number of carbonyl (C=O) groups is 5. The van der Waals surface area contributed by atoms with Crippen LogP contribution in [0.1, 0.15) is 89.6 Å². The second-order valence-electron chi connectivity index (χ2n) is 16.2. The maximum absolute atomic E-state index is 13.4. The number of amides is 5. The summed E-state index contributed by atoms with van der Waals surface area (Å²) >= 11 is 0. The molecule has 5 N–H and O–H groups in total. The van der Waals surface area contributed by atoms with Crippen LogP contribution in [0.2, 0.25) is 0 Å². The number of nitriles is 1. The SMILES string of the molecule is N#Cc1cnc(NCc2ccccc2OC(F)(F)F)nc1NCC12CC3CC(C1)C(NC(=O)CCCNc1cccc4c1C(=O)N(C1CCC(=O)NC1=O)C4=O)C(C3)C2. The molecule has 4 bridgehead atoms. The summed E-state index contributed by atoms with van der Waals surface area (Å²) in [4.78, 5) is 73.6. The molecule has 59 heavy (non-hydrogen) atoms. The summed E-state index contributed by atoms with van der Waals surface area (Å²) in [5.74, 6) is -1.09. The minimum Gasteiger partial charge on any atom is -0.405 e. The van der Waals surface area contributed by atoms with E-state index >= 15 is 0 Å².